The highest BCUT2D eigenvalue weighted by molar-refractivity contribution is 5.75. The molecule has 1 rings (SSSR count). The lowest BCUT2D eigenvalue weighted by molar-refractivity contribution is -0.117. The van der Waals surface area contributed by atoms with Crippen LogP contribution in [0.2, 0.25) is 0 Å². The third kappa shape index (κ3) is 5.62. The highest BCUT2D eigenvalue weighted by Crippen LogP contribution is 2.28. The van der Waals surface area contributed by atoms with Crippen molar-refractivity contribution >= 4 is 11.9 Å². The van der Waals surface area contributed by atoms with E-state index in [-0.39, 0.29) is 11.9 Å². The number of carbonyl (C=O) groups is 2. The Hall–Kier alpha value is -1.06. The van der Waals surface area contributed by atoms with Crippen molar-refractivity contribution in [3.8, 4) is 0 Å². The third-order valence-corrected chi connectivity index (χ3v) is 3.60. The van der Waals surface area contributed by atoms with Crippen LogP contribution < -0.4 is 0 Å². The summed E-state index contributed by atoms with van der Waals surface area (Å²) >= 11 is 0. The third-order valence-electron chi connectivity index (χ3n) is 3.60. The zero-order chi connectivity index (χ0) is 14.6. The highest BCUT2D eigenvalue weighted by Gasteiger charge is 2.30. The first kappa shape index (κ1) is 16.0. The lowest BCUT2D eigenvalue weighted by Crippen LogP contribution is -2.45. The van der Waals surface area contributed by atoms with Crippen LogP contribution in [-0.2, 0) is 9.53 Å². The molecule has 0 aliphatic carbocycles. The van der Waals surface area contributed by atoms with Crippen LogP contribution in [-0.4, -0.2) is 35.5 Å². The second kappa shape index (κ2) is 6.40. The summed E-state index contributed by atoms with van der Waals surface area (Å²) in [4.78, 5) is 24.8. The number of piperidine rings is 1. The van der Waals surface area contributed by atoms with Gasteiger partial charge in [0.2, 0.25) is 0 Å². The maximum atomic E-state index is 12.0. The Kier molecular flexibility index (Phi) is 5.39. The maximum absolute atomic E-state index is 12.0. The molecule has 4 heteroatoms. The van der Waals surface area contributed by atoms with Crippen LogP contribution in [0.3, 0.4) is 0 Å². The minimum atomic E-state index is -0.439. The van der Waals surface area contributed by atoms with E-state index in [0.717, 1.165) is 25.9 Å². The molecule has 0 N–H and O–H groups in total. The second-order valence-electron chi connectivity index (χ2n) is 6.69. The molecular weight excluding hydrogens is 242 g/mol. The molecule has 2 atom stereocenters. The highest BCUT2D eigenvalue weighted by atomic mass is 16.6. The van der Waals surface area contributed by atoms with Gasteiger partial charge in [-0.15, -0.1) is 0 Å². The zero-order valence-electron chi connectivity index (χ0n) is 12.9. The predicted octanol–water partition coefficient (Wildman–Crippen LogP) is 3.25. The summed E-state index contributed by atoms with van der Waals surface area (Å²) in [5.74, 6) is 1.23. The number of nitrogens with zero attached hydrogens (tertiary/aromatic N) is 1. The van der Waals surface area contributed by atoms with Crippen molar-refractivity contribution < 1.29 is 14.3 Å². The van der Waals surface area contributed by atoms with Crippen LogP contribution in [0.5, 0.6) is 0 Å². The fourth-order valence-corrected chi connectivity index (χ4v) is 2.50. The molecule has 1 heterocycles. The molecule has 4 nitrogen and oxygen atoms in total. The van der Waals surface area contributed by atoms with Crippen molar-refractivity contribution in [1.82, 2.24) is 4.90 Å². The van der Waals surface area contributed by atoms with E-state index in [1.165, 1.54) is 0 Å². The summed E-state index contributed by atoms with van der Waals surface area (Å²) in [6.45, 7) is 10.9. The number of amides is 1. The van der Waals surface area contributed by atoms with E-state index < -0.39 is 5.60 Å². The lowest BCUT2D eigenvalue weighted by atomic mass is 9.83. The van der Waals surface area contributed by atoms with Crippen molar-refractivity contribution in [2.45, 2.75) is 59.5 Å². The first-order valence-corrected chi connectivity index (χ1v) is 7.16. The smallest absolute Gasteiger partial charge is 0.410 e. The molecule has 19 heavy (non-hydrogen) atoms. The van der Waals surface area contributed by atoms with E-state index in [9.17, 15) is 9.59 Å². The number of Topliss-reactive ketones (excluding diaryl/α,β-unsaturated/α-hetero) is 1. The van der Waals surface area contributed by atoms with Gasteiger partial charge in [0.1, 0.15) is 11.4 Å². The molecule has 1 amide bonds. The van der Waals surface area contributed by atoms with Crippen LogP contribution >= 0.6 is 0 Å². The summed E-state index contributed by atoms with van der Waals surface area (Å²) in [6.07, 6.45) is 2.35. The van der Waals surface area contributed by atoms with E-state index in [1.54, 1.807) is 11.8 Å². The average Bonchev–Trinajstić information content (AvgIpc) is 2.24. The Morgan fingerprint density at radius 1 is 1.32 bits per heavy atom. The largest absolute Gasteiger partial charge is 0.444 e. The molecule has 2 unspecified atom stereocenters. The predicted molar refractivity (Wildman–Crippen MR) is 75.0 cm³/mol. The normalized spacial score (nSPS) is 24.2. The summed E-state index contributed by atoms with van der Waals surface area (Å²) in [6, 6.07) is 0. The monoisotopic (exact) mass is 269 g/mol. The van der Waals surface area contributed by atoms with Crippen molar-refractivity contribution in [2.24, 2.45) is 11.8 Å². The fraction of sp³-hybridized carbons (Fsp3) is 0.867. The minimum absolute atomic E-state index is 0.218. The molecule has 1 aliphatic heterocycles. The molecule has 110 valence electrons. The number of hydrogen-bond acceptors (Lipinski definition) is 3. The number of ketones is 1. The first-order chi connectivity index (χ1) is 8.69. The topological polar surface area (TPSA) is 46.6 Å². The summed E-state index contributed by atoms with van der Waals surface area (Å²) in [5.41, 5.74) is -0.439. The van der Waals surface area contributed by atoms with E-state index >= 15 is 0 Å². The van der Waals surface area contributed by atoms with E-state index in [4.69, 9.17) is 4.74 Å². The van der Waals surface area contributed by atoms with Crippen LogP contribution in [0, 0.1) is 11.8 Å². The van der Waals surface area contributed by atoms with Crippen molar-refractivity contribution in [1.29, 1.82) is 0 Å². The Bertz CT molecular complexity index is 333. The second-order valence-corrected chi connectivity index (χ2v) is 6.69. The Morgan fingerprint density at radius 2 is 1.95 bits per heavy atom. The number of carbonyl (C=O) groups excluding carboxylic acids is 2. The van der Waals surface area contributed by atoms with Crippen LogP contribution in [0.4, 0.5) is 4.79 Å². The molecular formula is C15H27NO3. The maximum Gasteiger partial charge on any atom is 0.410 e. The van der Waals surface area contributed by atoms with Gasteiger partial charge in [-0.1, -0.05) is 6.92 Å². The molecule has 1 saturated heterocycles. The van der Waals surface area contributed by atoms with Crippen molar-refractivity contribution in [3.63, 3.8) is 0 Å². The van der Waals surface area contributed by atoms with E-state index in [0.29, 0.717) is 18.3 Å². The van der Waals surface area contributed by atoms with Crippen molar-refractivity contribution in [2.75, 3.05) is 13.1 Å². The zero-order valence-corrected chi connectivity index (χ0v) is 12.9. The average molecular weight is 269 g/mol. The van der Waals surface area contributed by atoms with Gasteiger partial charge in [0.25, 0.3) is 0 Å². The van der Waals surface area contributed by atoms with Gasteiger partial charge in [0.05, 0.1) is 0 Å². The number of rotatable bonds is 3. The molecule has 0 radical (unpaired) electrons. The van der Waals surface area contributed by atoms with Gasteiger partial charge in [-0.25, -0.2) is 4.79 Å². The molecule has 0 aromatic carbocycles. The van der Waals surface area contributed by atoms with Gasteiger partial charge in [0, 0.05) is 19.5 Å². The van der Waals surface area contributed by atoms with Gasteiger partial charge in [-0.3, -0.25) is 0 Å². The van der Waals surface area contributed by atoms with E-state index in [2.05, 4.69) is 6.92 Å². The number of likely N-dealkylation sites (tertiary alicyclic amines) is 1. The van der Waals surface area contributed by atoms with Crippen LogP contribution in [0.25, 0.3) is 0 Å². The molecule has 0 aromatic heterocycles. The quantitative estimate of drug-likeness (QED) is 0.790. The Balaban J connectivity index is 2.44. The molecule has 1 fully saturated rings. The molecule has 1 aliphatic rings. The number of hydrogen-bond donors (Lipinski definition) is 0. The summed E-state index contributed by atoms with van der Waals surface area (Å²) in [7, 11) is 0. The fourth-order valence-electron chi connectivity index (χ4n) is 2.50. The molecule has 0 saturated carbocycles. The molecule has 0 aromatic rings. The lowest BCUT2D eigenvalue weighted by Gasteiger charge is -2.37. The first-order valence-electron chi connectivity index (χ1n) is 7.16. The molecule has 0 bridgehead atoms. The van der Waals surface area contributed by atoms with E-state index in [1.807, 2.05) is 20.8 Å². The number of ether oxygens (including phenoxy) is 1. The van der Waals surface area contributed by atoms with Gasteiger partial charge in [0.15, 0.2) is 0 Å². The summed E-state index contributed by atoms with van der Waals surface area (Å²) in [5, 5.41) is 0. The van der Waals surface area contributed by atoms with Gasteiger partial charge < -0.3 is 14.4 Å². The van der Waals surface area contributed by atoms with Gasteiger partial charge in [-0.05, 0) is 52.4 Å². The molecule has 0 spiro atoms. The van der Waals surface area contributed by atoms with Gasteiger partial charge >= 0.3 is 6.09 Å². The SMILES string of the molecule is CC(=O)CCC1CCN(C(=O)OC(C)(C)C)CC1C. The van der Waals surface area contributed by atoms with Crippen molar-refractivity contribution in [3.05, 3.63) is 0 Å². The van der Waals surface area contributed by atoms with Crippen LogP contribution in [0.15, 0.2) is 0 Å². The minimum Gasteiger partial charge on any atom is -0.444 e. The Morgan fingerprint density at radius 3 is 2.42 bits per heavy atom. The van der Waals surface area contributed by atoms with Gasteiger partial charge in [-0.2, -0.15) is 0 Å². The van der Waals surface area contributed by atoms with Crippen LogP contribution in [0.1, 0.15) is 53.9 Å². The summed E-state index contributed by atoms with van der Waals surface area (Å²) < 4.78 is 5.39. The standard InChI is InChI=1S/C15H27NO3/c1-11-10-16(14(18)19-15(3,4)5)9-8-13(11)7-6-12(2)17/h11,13H,6-10H2,1-5H3. The Labute approximate surface area is 116 Å².